The summed E-state index contributed by atoms with van der Waals surface area (Å²) < 4.78 is 0. The first kappa shape index (κ1) is 17.7. The number of likely N-dealkylation sites (tertiary alicyclic amines) is 1. The largest absolute Gasteiger partial charge is 0.369 e. The first-order valence-electron chi connectivity index (χ1n) is 9.06. The van der Waals surface area contributed by atoms with Gasteiger partial charge in [0.1, 0.15) is 12.1 Å². The van der Waals surface area contributed by atoms with Gasteiger partial charge >= 0.3 is 6.03 Å². The Bertz CT molecular complexity index is 599. The Kier molecular flexibility index (Phi) is 4.71. The van der Waals surface area contributed by atoms with Gasteiger partial charge in [0.2, 0.25) is 11.8 Å². The van der Waals surface area contributed by atoms with Crippen LogP contribution in [0.1, 0.15) is 45.4 Å². The zero-order valence-electron chi connectivity index (χ0n) is 14.6. The highest BCUT2D eigenvalue weighted by Crippen LogP contribution is 2.38. The van der Waals surface area contributed by atoms with E-state index in [4.69, 9.17) is 5.73 Å². The molecular formula is C17H26N4O4. The molecule has 0 aromatic heterocycles. The maximum Gasteiger partial charge on any atom is 0.325 e. The average molecular weight is 350 g/mol. The first-order valence-corrected chi connectivity index (χ1v) is 9.06. The van der Waals surface area contributed by atoms with Crippen LogP contribution in [-0.4, -0.2) is 58.7 Å². The van der Waals surface area contributed by atoms with Gasteiger partial charge in [0.25, 0.3) is 5.91 Å². The summed E-state index contributed by atoms with van der Waals surface area (Å²) in [5, 5.41) is 2.85. The Morgan fingerprint density at radius 3 is 2.48 bits per heavy atom. The van der Waals surface area contributed by atoms with Crippen molar-refractivity contribution < 1.29 is 19.2 Å². The number of piperidine rings is 1. The molecule has 0 radical (unpaired) electrons. The van der Waals surface area contributed by atoms with Gasteiger partial charge < -0.3 is 16.0 Å². The number of rotatable bonds is 3. The van der Waals surface area contributed by atoms with Crippen LogP contribution in [0.4, 0.5) is 4.79 Å². The van der Waals surface area contributed by atoms with Crippen LogP contribution in [0.3, 0.4) is 0 Å². The fraction of sp³-hybridized carbons (Fsp3) is 0.765. The van der Waals surface area contributed by atoms with E-state index in [1.54, 1.807) is 4.90 Å². The van der Waals surface area contributed by atoms with Crippen LogP contribution >= 0.6 is 0 Å². The van der Waals surface area contributed by atoms with E-state index in [0.717, 1.165) is 24.2 Å². The fourth-order valence-corrected chi connectivity index (χ4v) is 4.29. The SMILES string of the molecule is C[C@H]1CCCC[C@@]12NC(=O)N(CC(=O)N1CCC(C(N)=O)CC1)C2=O. The second kappa shape index (κ2) is 6.65. The minimum atomic E-state index is -0.839. The highest BCUT2D eigenvalue weighted by atomic mass is 16.2. The van der Waals surface area contributed by atoms with Gasteiger partial charge in [-0.15, -0.1) is 0 Å². The predicted molar refractivity (Wildman–Crippen MR) is 89.1 cm³/mol. The van der Waals surface area contributed by atoms with Gasteiger partial charge in [0, 0.05) is 19.0 Å². The third-order valence-corrected chi connectivity index (χ3v) is 6.04. The average Bonchev–Trinajstić information content (AvgIpc) is 2.82. The van der Waals surface area contributed by atoms with Gasteiger partial charge in [-0.25, -0.2) is 4.79 Å². The minimum Gasteiger partial charge on any atom is -0.369 e. The van der Waals surface area contributed by atoms with Gasteiger partial charge in [-0.2, -0.15) is 0 Å². The molecule has 3 rings (SSSR count). The summed E-state index contributed by atoms with van der Waals surface area (Å²) in [5.41, 5.74) is 4.46. The standard InChI is InChI=1S/C17H26N4O4/c1-11-4-2-3-7-17(11)15(24)21(16(25)19-17)10-13(22)20-8-5-12(6-9-20)14(18)23/h11-12H,2-10H2,1H3,(H2,18,23)(H,19,25)/t11-,17+/m0/s1. The van der Waals surface area contributed by atoms with Crippen LogP contribution in [-0.2, 0) is 14.4 Å². The summed E-state index contributed by atoms with van der Waals surface area (Å²) in [5.74, 6) is -0.998. The monoisotopic (exact) mass is 350 g/mol. The van der Waals surface area contributed by atoms with E-state index in [9.17, 15) is 19.2 Å². The highest BCUT2D eigenvalue weighted by molar-refractivity contribution is 6.09. The maximum atomic E-state index is 12.9. The smallest absolute Gasteiger partial charge is 0.325 e. The molecule has 0 aromatic carbocycles. The van der Waals surface area contributed by atoms with Crippen LogP contribution in [0.25, 0.3) is 0 Å². The molecule has 8 nitrogen and oxygen atoms in total. The van der Waals surface area contributed by atoms with Gasteiger partial charge in [-0.05, 0) is 31.6 Å². The summed E-state index contributed by atoms with van der Waals surface area (Å²) in [6, 6.07) is -0.473. The molecule has 0 unspecified atom stereocenters. The molecule has 2 aliphatic heterocycles. The lowest BCUT2D eigenvalue weighted by Crippen LogP contribution is -2.54. The zero-order valence-corrected chi connectivity index (χ0v) is 14.6. The number of nitrogens with zero attached hydrogens (tertiary/aromatic N) is 2. The third-order valence-electron chi connectivity index (χ3n) is 6.04. The van der Waals surface area contributed by atoms with Crippen LogP contribution in [0.15, 0.2) is 0 Å². The van der Waals surface area contributed by atoms with E-state index >= 15 is 0 Å². The molecule has 3 aliphatic rings. The second-order valence-electron chi connectivity index (χ2n) is 7.50. The molecule has 3 N–H and O–H groups in total. The quantitative estimate of drug-likeness (QED) is 0.708. The van der Waals surface area contributed by atoms with E-state index in [-0.39, 0.29) is 36.1 Å². The van der Waals surface area contributed by atoms with Crippen molar-refractivity contribution in [1.82, 2.24) is 15.1 Å². The van der Waals surface area contributed by atoms with Crippen LogP contribution < -0.4 is 11.1 Å². The Balaban J connectivity index is 1.63. The van der Waals surface area contributed by atoms with E-state index in [2.05, 4.69) is 5.32 Å². The highest BCUT2D eigenvalue weighted by Gasteiger charge is 2.55. The van der Waals surface area contributed by atoms with Crippen LogP contribution in [0, 0.1) is 11.8 Å². The number of imide groups is 1. The zero-order chi connectivity index (χ0) is 18.2. The van der Waals surface area contributed by atoms with Gasteiger partial charge in [0.05, 0.1) is 0 Å². The topological polar surface area (TPSA) is 113 Å². The van der Waals surface area contributed by atoms with Crippen molar-refractivity contribution in [2.75, 3.05) is 19.6 Å². The van der Waals surface area contributed by atoms with E-state index in [1.165, 1.54) is 0 Å². The number of amides is 5. The Morgan fingerprint density at radius 1 is 1.20 bits per heavy atom. The molecule has 138 valence electrons. The number of carbonyl (C=O) groups excluding carboxylic acids is 4. The summed E-state index contributed by atoms with van der Waals surface area (Å²) >= 11 is 0. The molecule has 0 aromatic rings. The predicted octanol–water partition coefficient (Wildman–Crippen LogP) is 0.211. The van der Waals surface area contributed by atoms with Gasteiger partial charge in [0.15, 0.2) is 0 Å². The van der Waals surface area contributed by atoms with E-state index in [0.29, 0.717) is 32.4 Å². The fourth-order valence-electron chi connectivity index (χ4n) is 4.29. The molecule has 2 heterocycles. The van der Waals surface area contributed by atoms with E-state index < -0.39 is 11.6 Å². The van der Waals surface area contributed by atoms with E-state index in [1.807, 2.05) is 6.92 Å². The molecule has 1 aliphatic carbocycles. The maximum absolute atomic E-state index is 12.9. The molecule has 1 spiro atoms. The minimum absolute atomic E-state index is 0.0733. The van der Waals surface area contributed by atoms with Crippen molar-refractivity contribution >= 4 is 23.8 Å². The lowest BCUT2D eigenvalue weighted by Gasteiger charge is -2.37. The molecule has 0 bridgehead atoms. The van der Waals surface area contributed by atoms with Crippen LogP contribution in [0.2, 0.25) is 0 Å². The third kappa shape index (κ3) is 3.09. The number of carbonyl (C=O) groups is 4. The van der Waals surface area contributed by atoms with Crippen molar-refractivity contribution in [2.45, 2.75) is 51.0 Å². The Hall–Kier alpha value is -2.12. The molecule has 2 atom stereocenters. The first-order chi connectivity index (χ1) is 11.8. The number of hydrogen-bond donors (Lipinski definition) is 2. The number of urea groups is 1. The molecule has 1 saturated carbocycles. The number of hydrogen-bond acceptors (Lipinski definition) is 4. The summed E-state index contributed by atoms with van der Waals surface area (Å²) in [6.45, 7) is 2.60. The molecule has 2 saturated heterocycles. The Labute approximate surface area is 147 Å². The van der Waals surface area contributed by atoms with Crippen LogP contribution in [0.5, 0.6) is 0 Å². The summed E-state index contributed by atoms with van der Waals surface area (Å²) in [7, 11) is 0. The molecule has 25 heavy (non-hydrogen) atoms. The van der Waals surface area contributed by atoms with Gasteiger partial charge in [-0.3, -0.25) is 19.3 Å². The second-order valence-corrected chi connectivity index (χ2v) is 7.50. The normalized spacial score (nSPS) is 30.7. The van der Waals surface area contributed by atoms with Gasteiger partial charge in [-0.1, -0.05) is 19.8 Å². The molecule has 8 heteroatoms. The van der Waals surface area contributed by atoms with Crippen molar-refractivity contribution in [3.63, 3.8) is 0 Å². The number of primary amides is 1. The Morgan fingerprint density at radius 2 is 1.88 bits per heavy atom. The molecule has 5 amide bonds. The lowest BCUT2D eigenvalue weighted by molar-refractivity contribution is -0.141. The van der Waals surface area contributed by atoms with Crippen molar-refractivity contribution in [3.05, 3.63) is 0 Å². The summed E-state index contributed by atoms with van der Waals surface area (Å²) in [6.07, 6.45) is 4.55. The van der Waals surface area contributed by atoms with Crippen molar-refractivity contribution in [3.8, 4) is 0 Å². The van der Waals surface area contributed by atoms with Crippen molar-refractivity contribution in [2.24, 2.45) is 17.6 Å². The number of nitrogens with one attached hydrogen (secondary N) is 1. The molecular weight excluding hydrogens is 324 g/mol. The number of nitrogens with two attached hydrogens (primary N) is 1. The van der Waals surface area contributed by atoms with Crippen molar-refractivity contribution in [1.29, 1.82) is 0 Å². The summed E-state index contributed by atoms with van der Waals surface area (Å²) in [4.78, 5) is 51.6. The lowest BCUT2D eigenvalue weighted by atomic mass is 9.73. The molecule has 3 fully saturated rings.